The van der Waals surface area contributed by atoms with Gasteiger partial charge in [0.15, 0.2) is 0 Å². The summed E-state index contributed by atoms with van der Waals surface area (Å²) in [6.07, 6.45) is 3.90. The Kier molecular flexibility index (Phi) is 5.67. The SMILES string of the molecule is Cc1ccc(C(=O)NC2CCC(Nc3nc(N(C)C)c4ccccc4n3)CC2)s1. The molecule has 0 spiro atoms. The molecule has 7 heteroatoms. The van der Waals surface area contributed by atoms with Crippen molar-refractivity contribution >= 4 is 39.9 Å². The Hall–Kier alpha value is -2.67. The lowest BCUT2D eigenvalue weighted by atomic mass is 9.91. The Bertz CT molecular complexity index is 1010. The Balaban J connectivity index is 1.38. The Morgan fingerprint density at radius 3 is 2.45 bits per heavy atom. The lowest BCUT2D eigenvalue weighted by Crippen LogP contribution is -2.40. The van der Waals surface area contributed by atoms with Gasteiger partial charge in [-0.25, -0.2) is 4.98 Å². The van der Waals surface area contributed by atoms with Crippen LogP contribution in [0.1, 0.15) is 40.2 Å². The number of nitrogens with zero attached hydrogens (tertiary/aromatic N) is 3. The van der Waals surface area contributed by atoms with Crippen LogP contribution in [0.15, 0.2) is 36.4 Å². The van der Waals surface area contributed by atoms with Gasteiger partial charge >= 0.3 is 0 Å². The number of para-hydroxylation sites is 1. The monoisotopic (exact) mass is 409 g/mol. The molecule has 0 radical (unpaired) electrons. The van der Waals surface area contributed by atoms with Crippen LogP contribution in [-0.4, -0.2) is 42.1 Å². The number of thiophene rings is 1. The molecule has 6 nitrogen and oxygen atoms in total. The molecule has 0 saturated heterocycles. The number of hydrogen-bond donors (Lipinski definition) is 2. The molecule has 29 heavy (non-hydrogen) atoms. The van der Waals surface area contributed by atoms with E-state index >= 15 is 0 Å². The van der Waals surface area contributed by atoms with Crippen LogP contribution in [0, 0.1) is 6.92 Å². The molecule has 0 aliphatic heterocycles. The normalized spacial score (nSPS) is 19.1. The lowest BCUT2D eigenvalue weighted by Gasteiger charge is -2.29. The molecule has 1 aliphatic carbocycles. The van der Waals surface area contributed by atoms with Gasteiger partial charge in [0.25, 0.3) is 5.91 Å². The number of benzene rings is 1. The molecular weight excluding hydrogens is 382 g/mol. The number of anilines is 2. The van der Waals surface area contributed by atoms with Crippen LogP contribution in [0.4, 0.5) is 11.8 Å². The number of carbonyl (C=O) groups is 1. The summed E-state index contributed by atoms with van der Waals surface area (Å²) in [7, 11) is 4.00. The van der Waals surface area contributed by atoms with Crippen LogP contribution >= 0.6 is 11.3 Å². The van der Waals surface area contributed by atoms with Gasteiger partial charge in [0.1, 0.15) is 5.82 Å². The molecule has 1 saturated carbocycles. The van der Waals surface area contributed by atoms with Crippen molar-refractivity contribution in [2.45, 2.75) is 44.7 Å². The van der Waals surface area contributed by atoms with E-state index in [4.69, 9.17) is 9.97 Å². The van der Waals surface area contributed by atoms with E-state index in [1.807, 2.05) is 56.3 Å². The van der Waals surface area contributed by atoms with Crippen LogP contribution in [0.25, 0.3) is 10.9 Å². The highest BCUT2D eigenvalue weighted by atomic mass is 32.1. The third kappa shape index (κ3) is 4.50. The molecule has 0 bridgehead atoms. The predicted molar refractivity (Wildman–Crippen MR) is 120 cm³/mol. The fraction of sp³-hybridized carbons (Fsp3) is 0.409. The number of amides is 1. The molecule has 0 unspecified atom stereocenters. The van der Waals surface area contributed by atoms with Crippen LogP contribution in [-0.2, 0) is 0 Å². The first-order valence-corrected chi connectivity index (χ1v) is 10.9. The zero-order chi connectivity index (χ0) is 20.4. The van der Waals surface area contributed by atoms with E-state index in [-0.39, 0.29) is 11.9 Å². The molecule has 1 fully saturated rings. The van der Waals surface area contributed by atoms with Crippen LogP contribution < -0.4 is 15.5 Å². The lowest BCUT2D eigenvalue weighted by molar-refractivity contribution is 0.0930. The van der Waals surface area contributed by atoms with Gasteiger partial charge in [0.05, 0.1) is 10.4 Å². The number of aryl methyl sites for hydroxylation is 1. The quantitative estimate of drug-likeness (QED) is 0.660. The number of carbonyl (C=O) groups excluding carboxylic acids is 1. The van der Waals surface area contributed by atoms with E-state index in [1.54, 1.807) is 11.3 Å². The van der Waals surface area contributed by atoms with E-state index in [2.05, 4.69) is 16.7 Å². The Morgan fingerprint density at radius 2 is 1.76 bits per heavy atom. The summed E-state index contributed by atoms with van der Waals surface area (Å²) in [5.74, 6) is 1.65. The largest absolute Gasteiger partial charge is 0.362 e. The molecule has 0 atom stereocenters. The highest BCUT2D eigenvalue weighted by molar-refractivity contribution is 7.13. The molecule has 1 amide bonds. The molecule has 4 rings (SSSR count). The zero-order valence-electron chi connectivity index (χ0n) is 17.1. The maximum atomic E-state index is 12.4. The highest BCUT2D eigenvalue weighted by Gasteiger charge is 2.24. The van der Waals surface area contributed by atoms with Gasteiger partial charge in [-0.3, -0.25) is 4.79 Å². The molecule has 152 valence electrons. The molecule has 2 aromatic heterocycles. The minimum absolute atomic E-state index is 0.0491. The highest BCUT2D eigenvalue weighted by Crippen LogP contribution is 2.26. The van der Waals surface area contributed by atoms with Crippen molar-refractivity contribution in [1.29, 1.82) is 0 Å². The summed E-state index contributed by atoms with van der Waals surface area (Å²) in [6, 6.07) is 12.5. The first-order valence-electron chi connectivity index (χ1n) is 10.1. The van der Waals surface area contributed by atoms with E-state index in [9.17, 15) is 4.79 Å². The van der Waals surface area contributed by atoms with Gasteiger partial charge in [-0.2, -0.15) is 4.98 Å². The van der Waals surface area contributed by atoms with Gasteiger partial charge < -0.3 is 15.5 Å². The van der Waals surface area contributed by atoms with Crippen molar-refractivity contribution in [1.82, 2.24) is 15.3 Å². The summed E-state index contributed by atoms with van der Waals surface area (Å²) in [4.78, 5) is 25.8. The second-order valence-electron chi connectivity index (χ2n) is 7.86. The third-order valence-electron chi connectivity index (χ3n) is 5.37. The van der Waals surface area contributed by atoms with Crippen molar-refractivity contribution in [3.63, 3.8) is 0 Å². The van der Waals surface area contributed by atoms with E-state index in [1.165, 1.54) is 0 Å². The molecular formula is C22H27N5OS. The molecule has 1 aromatic carbocycles. The maximum Gasteiger partial charge on any atom is 0.261 e. The molecule has 3 aromatic rings. The summed E-state index contributed by atoms with van der Waals surface area (Å²) < 4.78 is 0. The molecule has 1 aliphatic rings. The van der Waals surface area contributed by atoms with Crippen molar-refractivity contribution in [2.24, 2.45) is 0 Å². The fourth-order valence-corrected chi connectivity index (χ4v) is 4.61. The summed E-state index contributed by atoms with van der Waals surface area (Å²) in [6.45, 7) is 2.02. The summed E-state index contributed by atoms with van der Waals surface area (Å²) in [5, 5.41) is 7.76. The number of nitrogens with one attached hydrogen (secondary N) is 2. The summed E-state index contributed by atoms with van der Waals surface area (Å²) >= 11 is 1.55. The van der Waals surface area contributed by atoms with Gasteiger partial charge in [-0.05, 0) is 56.9 Å². The molecule has 2 N–H and O–H groups in total. The smallest absolute Gasteiger partial charge is 0.261 e. The Morgan fingerprint density at radius 1 is 1.03 bits per heavy atom. The minimum Gasteiger partial charge on any atom is -0.362 e. The average Bonchev–Trinajstić information content (AvgIpc) is 3.15. The van der Waals surface area contributed by atoms with Crippen molar-refractivity contribution in [3.05, 3.63) is 46.2 Å². The van der Waals surface area contributed by atoms with Crippen molar-refractivity contribution in [3.8, 4) is 0 Å². The minimum atomic E-state index is 0.0491. The van der Waals surface area contributed by atoms with Crippen molar-refractivity contribution < 1.29 is 4.79 Å². The Labute approximate surface area is 175 Å². The van der Waals surface area contributed by atoms with Crippen LogP contribution in [0.5, 0.6) is 0 Å². The number of aromatic nitrogens is 2. The molecule has 2 heterocycles. The fourth-order valence-electron chi connectivity index (χ4n) is 3.84. The van der Waals surface area contributed by atoms with Crippen LogP contribution in [0.3, 0.4) is 0 Å². The first-order chi connectivity index (χ1) is 14.0. The van der Waals surface area contributed by atoms with Gasteiger partial charge in [-0.15, -0.1) is 11.3 Å². The number of rotatable bonds is 5. The van der Waals surface area contributed by atoms with E-state index < -0.39 is 0 Å². The standard InChI is InChI=1S/C22H27N5OS/c1-14-8-13-19(29-14)21(28)23-15-9-11-16(12-10-15)24-22-25-18-7-5-4-6-17(18)20(26-22)27(2)3/h4-8,13,15-16H,9-12H2,1-3H3,(H,23,28)(H,24,25,26). The van der Waals surface area contributed by atoms with Gasteiger partial charge in [0.2, 0.25) is 5.95 Å². The predicted octanol–water partition coefficient (Wildman–Crippen LogP) is 4.22. The topological polar surface area (TPSA) is 70.2 Å². The van der Waals surface area contributed by atoms with Crippen molar-refractivity contribution in [2.75, 3.05) is 24.3 Å². The van der Waals surface area contributed by atoms with Crippen LogP contribution in [0.2, 0.25) is 0 Å². The van der Waals surface area contributed by atoms with E-state index in [0.29, 0.717) is 12.0 Å². The number of fused-ring (bicyclic) bond motifs is 1. The summed E-state index contributed by atoms with van der Waals surface area (Å²) in [5.41, 5.74) is 0.945. The maximum absolute atomic E-state index is 12.4. The third-order valence-corrected chi connectivity index (χ3v) is 6.37. The first kappa shape index (κ1) is 19.6. The average molecular weight is 410 g/mol. The zero-order valence-corrected chi connectivity index (χ0v) is 17.9. The van der Waals surface area contributed by atoms with Gasteiger partial charge in [0, 0.05) is 36.4 Å². The number of hydrogen-bond acceptors (Lipinski definition) is 6. The van der Waals surface area contributed by atoms with E-state index in [0.717, 1.165) is 52.2 Å². The second kappa shape index (κ2) is 8.37. The second-order valence-corrected chi connectivity index (χ2v) is 9.15. The van der Waals surface area contributed by atoms with Gasteiger partial charge in [-0.1, -0.05) is 12.1 Å².